The molecule has 1 N–H and O–H groups in total. The minimum absolute atomic E-state index is 0.379. The van der Waals surface area contributed by atoms with Crippen LogP contribution >= 0.6 is 23.2 Å². The number of halogens is 2. The summed E-state index contributed by atoms with van der Waals surface area (Å²) >= 11 is 12.3. The molecule has 0 spiro atoms. The lowest BCUT2D eigenvalue weighted by atomic mass is 10.3. The van der Waals surface area contributed by atoms with Gasteiger partial charge in [0.25, 0.3) is 0 Å². The Morgan fingerprint density at radius 1 is 1.09 bits per heavy atom. The number of hydrogen-bond donors (Lipinski definition) is 1. The second-order valence-electron chi connectivity index (χ2n) is 4.85. The lowest BCUT2D eigenvalue weighted by molar-refractivity contribution is 0.728. The van der Waals surface area contributed by atoms with Gasteiger partial charge in [-0.3, -0.25) is 0 Å². The molecule has 0 aliphatic carbocycles. The first-order valence-electron chi connectivity index (χ1n) is 7.31. The fourth-order valence-corrected chi connectivity index (χ4v) is 2.60. The van der Waals surface area contributed by atoms with Crippen LogP contribution in [0.5, 0.6) is 0 Å². The third-order valence-corrected chi connectivity index (χ3v) is 3.69. The van der Waals surface area contributed by atoms with Gasteiger partial charge in [0, 0.05) is 13.1 Å². The van der Waals surface area contributed by atoms with Crippen LogP contribution in [0.2, 0.25) is 10.0 Å². The minimum Gasteiger partial charge on any atom is -0.355 e. The maximum atomic E-state index is 6.15. The molecule has 5 nitrogen and oxygen atoms in total. The van der Waals surface area contributed by atoms with E-state index in [1.54, 1.807) is 24.4 Å². The molecule has 0 amide bonds. The molecule has 0 radical (unpaired) electrons. The summed E-state index contributed by atoms with van der Waals surface area (Å²) in [5, 5.41) is 12.1. The van der Waals surface area contributed by atoms with Gasteiger partial charge in [0.05, 0.1) is 21.9 Å². The van der Waals surface area contributed by atoms with Crippen molar-refractivity contribution in [2.75, 3.05) is 23.3 Å². The fourth-order valence-electron chi connectivity index (χ4n) is 2.11. The van der Waals surface area contributed by atoms with E-state index in [2.05, 4.69) is 39.2 Å². The van der Waals surface area contributed by atoms with E-state index in [0.717, 1.165) is 31.7 Å². The van der Waals surface area contributed by atoms with E-state index in [-0.39, 0.29) is 0 Å². The highest BCUT2D eigenvalue weighted by Gasteiger charge is 2.11. The zero-order chi connectivity index (χ0) is 15.9. The molecule has 0 aliphatic heterocycles. The molecular formula is C15H19Cl2N5. The summed E-state index contributed by atoms with van der Waals surface area (Å²) in [4.78, 5) is 6.70. The van der Waals surface area contributed by atoms with Crippen molar-refractivity contribution in [1.82, 2.24) is 15.2 Å². The number of hydrogen-bond acceptors (Lipinski definition) is 5. The number of anilines is 3. The molecule has 0 unspecified atom stereocenters. The fraction of sp³-hybridized carbons (Fsp3) is 0.400. The first-order chi connectivity index (χ1) is 10.7. The monoisotopic (exact) mass is 339 g/mol. The lowest BCUT2D eigenvalue weighted by Gasteiger charge is -2.22. The van der Waals surface area contributed by atoms with Crippen LogP contribution in [0, 0.1) is 0 Å². The SMILES string of the molecule is CCCN(CCC)c1cnnc(Nc2c(Cl)cccc2Cl)n1. The normalized spacial score (nSPS) is 10.5. The molecular weight excluding hydrogens is 321 g/mol. The summed E-state index contributed by atoms with van der Waals surface area (Å²) in [6.07, 6.45) is 3.76. The average molecular weight is 340 g/mol. The Bertz CT molecular complexity index is 594. The summed E-state index contributed by atoms with van der Waals surface area (Å²) < 4.78 is 0. The van der Waals surface area contributed by atoms with Gasteiger partial charge in [-0.05, 0) is 25.0 Å². The van der Waals surface area contributed by atoms with Gasteiger partial charge in [0.2, 0.25) is 5.95 Å². The topological polar surface area (TPSA) is 53.9 Å². The van der Waals surface area contributed by atoms with Crippen molar-refractivity contribution in [2.24, 2.45) is 0 Å². The van der Waals surface area contributed by atoms with Crippen LogP contribution in [0.4, 0.5) is 17.5 Å². The van der Waals surface area contributed by atoms with Gasteiger partial charge in [0.15, 0.2) is 5.82 Å². The smallest absolute Gasteiger partial charge is 0.249 e. The van der Waals surface area contributed by atoms with Gasteiger partial charge < -0.3 is 10.2 Å². The molecule has 2 rings (SSSR count). The number of nitrogens with zero attached hydrogens (tertiary/aromatic N) is 4. The Balaban J connectivity index is 2.24. The first kappa shape index (κ1) is 16.8. The Kier molecular flexibility index (Phi) is 6.21. The molecule has 1 aromatic heterocycles. The van der Waals surface area contributed by atoms with Gasteiger partial charge in [-0.15, -0.1) is 5.10 Å². The second-order valence-corrected chi connectivity index (χ2v) is 5.66. The minimum atomic E-state index is 0.379. The molecule has 0 atom stereocenters. The van der Waals surface area contributed by atoms with Crippen LogP contribution in [0.15, 0.2) is 24.4 Å². The van der Waals surface area contributed by atoms with Crippen LogP contribution in [0.1, 0.15) is 26.7 Å². The van der Waals surface area contributed by atoms with E-state index in [1.807, 2.05) is 0 Å². The molecule has 0 saturated carbocycles. The number of para-hydroxylation sites is 1. The van der Waals surface area contributed by atoms with Gasteiger partial charge in [-0.25, -0.2) is 0 Å². The summed E-state index contributed by atoms with van der Waals surface area (Å²) in [7, 11) is 0. The Hall–Kier alpha value is -1.59. The van der Waals surface area contributed by atoms with E-state index < -0.39 is 0 Å². The van der Waals surface area contributed by atoms with Crippen molar-refractivity contribution in [3.05, 3.63) is 34.4 Å². The van der Waals surface area contributed by atoms with Crippen molar-refractivity contribution < 1.29 is 0 Å². The van der Waals surface area contributed by atoms with Crippen LogP contribution < -0.4 is 10.2 Å². The van der Waals surface area contributed by atoms with Gasteiger partial charge in [-0.2, -0.15) is 10.1 Å². The maximum absolute atomic E-state index is 6.15. The first-order valence-corrected chi connectivity index (χ1v) is 8.07. The number of nitrogens with one attached hydrogen (secondary N) is 1. The lowest BCUT2D eigenvalue weighted by Crippen LogP contribution is -2.26. The molecule has 0 aliphatic rings. The predicted molar refractivity (Wildman–Crippen MR) is 92.4 cm³/mol. The standard InChI is InChI=1S/C15H19Cl2N5/c1-3-8-22(9-4-2)13-10-18-21-15(19-13)20-14-11(16)6-5-7-12(14)17/h5-7,10H,3-4,8-9H2,1-2H3,(H,19,20,21). The molecule has 0 saturated heterocycles. The van der Waals surface area contributed by atoms with Crippen molar-refractivity contribution in [1.29, 1.82) is 0 Å². The summed E-state index contributed by atoms with van der Waals surface area (Å²) in [5.74, 6) is 1.18. The Morgan fingerprint density at radius 3 is 2.32 bits per heavy atom. The second kappa shape index (κ2) is 8.15. The maximum Gasteiger partial charge on any atom is 0.249 e. The molecule has 0 fully saturated rings. The summed E-state index contributed by atoms with van der Waals surface area (Å²) in [5.41, 5.74) is 0.585. The van der Waals surface area contributed by atoms with Crippen molar-refractivity contribution >= 4 is 40.7 Å². The van der Waals surface area contributed by atoms with Crippen molar-refractivity contribution in [3.63, 3.8) is 0 Å². The third kappa shape index (κ3) is 4.21. The van der Waals surface area contributed by atoms with E-state index in [9.17, 15) is 0 Å². The van der Waals surface area contributed by atoms with E-state index >= 15 is 0 Å². The number of rotatable bonds is 7. The molecule has 0 bridgehead atoms. The van der Waals surface area contributed by atoms with Gasteiger partial charge >= 0.3 is 0 Å². The highest BCUT2D eigenvalue weighted by Crippen LogP contribution is 2.31. The quantitative estimate of drug-likeness (QED) is 0.801. The van der Waals surface area contributed by atoms with E-state index in [4.69, 9.17) is 23.2 Å². The third-order valence-electron chi connectivity index (χ3n) is 3.06. The highest BCUT2D eigenvalue weighted by atomic mass is 35.5. The van der Waals surface area contributed by atoms with Gasteiger partial charge in [-0.1, -0.05) is 43.1 Å². The van der Waals surface area contributed by atoms with E-state index in [1.165, 1.54) is 0 Å². The molecule has 2 aromatic rings. The molecule has 7 heteroatoms. The zero-order valence-electron chi connectivity index (χ0n) is 12.7. The van der Waals surface area contributed by atoms with Crippen LogP contribution in [-0.2, 0) is 0 Å². The predicted octanol–water partition coefficient (Wildman–Crippen LogP) is 4.55. The van der Waals surface area contributed by atoms with Crippen LogP contribution in [0.3, 0.4) is 0 Å². The molecule has 118 valence electrons. The Morgan fingerprint density at radius 2 is 1.73 bits per heavy atom. The number of aromatic nitrogens is 3. The van der Waals surface area contributed by atoms with E-state index in [0.29, 0.717) is 21.7 Å². The van der Waals surface area contributed by atoms with Gasteiger partial charge in [0.1, 0.15) is 0 Å². The Labute approximate surface area is 140 Å². The molecule has 22 heavy (non-hydrogen) atoms. The average Bonchev–Trinajstić information content (AvgIpc) is 2.51. The summed E-state index contributed by atoms with van der Waals surface area (Å²) in [6.45, 7) is 6.14. The van der Waals surface area contributed by atoms with Crippen LogP contribution in [-0.4, -0.2) is 28.3 Å². The largest absolute Gasteiger partial charge is 0.355 e. The molecule has 1 heterocycles. The number of benzene rings is 1. The van der Waals surface area contributed by atoms with Crippen molar-refractivity contribution in [3.8, 4) is 0 Å². The zero-order valence-corrected chi connectivity index (χ0v) is 14.2. The van der Waals surface area contributed by atoms with Crippen molar-refractivity contribution in [2.45, 2.75) is 26.7 Å². The summed E-state index contributed by atoms with van der Waals surface area (Å²) in [6, 6.07) is 5.30. The highest BCUT2D eigenvalue weighted by molar-refractivity contribution is 6.39. The van der Waals surface area contributed by atoms with Crippen LogP contribution in [0.25, 0.3) is 0 Å². The molecule has 1 aromatic carbocycles.